The lowest BCUT2D eigenvalue weighted by Crippen LogP contribution is -2.50. The lowest BCUT2D eigenvalue weighted by molar-refractivity contribution is -0.138. The normalized spacial score (nSPS) is 17.4. The predicted octanol–water partition coefficient (Wildman–Crippen LogP) is 3.19. The predicted molar refractivity (Wildman–Crippen MR) is 110 cm³/mol. The molecule has 0 radical (unpaired) electrons. The summed E-state index contributed by atoms with van der Waals surface area (Å²) >= 11 is 0. The summed E-state index contributed by atoms with van der Waals surface area (Å²) in [4.78, 5) is 28.5. The zero-order chi connectivity index (χ0) is 19.7. The molecule has 5 nitrogen and oxygen atoms in total. The van der Waals surface area contributed by atoms with Crippen molar-refractivity contribution < 1.29 is 9.59 Å². The highest BCUT2D eigenvalue weighted by atomic mass is 16.2. The molecule has 5 heteroatoms. The van der Waals surface area contributed by atoms with Gasteiger partial charge in [-0.15, -0.1) is 0 Å². The third kappa shape index (κ3) is 3.75. The first-order valence-corrected chi connectivity index (χ1v) is 10.0. The van der Waals surface area contributed by atoms with E-state index in [2.05, 4.69) is 36.6 Å². The van der Waals surface area contributed by atoms with E-state index >= 15 is 0 Å². The van der Waals surface area contributed by atoms with Crippen LogP contribution in [0.25, 0.3) is 11.8 Å². The Kier molecular flexibility index (Phi) is 5.07. The Morgan fingerprint density at radius 2 is 1.61 bits per heavy atom. The Bertz CT molecular complexity index is 901. The number of para-hydroxylation sites is 1. The van der Waals surface area contributed by atoms with E-state index in [0.717, 1.165) is 35.5 Å². The fourth-order valence-electron chi connectivity index (χ4n) is 3.93. The molecule has 146 valence electrons. The van der Waals surface area contributed by atoms with E-state index in [4.69, 9.17) is 0 Å². The van der Waals surface area contributed by atoms with Crippen molar-refractivity contribution in [1.29, 1.82) is 0 Å². The third-order valence-electron chi connectivity index (χ3n) is 5.72. The van der Waals surface area contributed by atoms with E-state index in [1.54, 1.807) is 6.08 Å². The molecule has 1 aliphatic carbocycles. The van der Waals surface area contributed by atoms with Crippen LogP contribution in [-0.4, -0.2) is 52.4 Å². The molecule has 0 spiro atoms. The molecule has 2 amide bonds. The summed E-state index contributed by atoms with van der Waals surface area (Å²) in [5.41, 5.74) is 4.44. The molecular weight excluding hydrogens is 350 g/mol. The van der Waals surface area contributed by atoms with Crippen LogP contribution in [-0.2, 0) is 9.59 Å². The number of nitrogens with zero attached hydrogens (tertiary/aromatic N) is 3. The number of piperazine rings is 1. The maximum atomic E-state index is 12.6. The Labute approximate surface area is 166 Å². The summed E-state index contributed by atoms with van der Waals surface area (Å²) in [5, 5.41) is 0. The highest BCUT2D eigenvalue weighted by Gasteiger charge is 2.34. The van der Waals surface area contributed by atoms with Crippen molar-refractivity contribution in [1.82, 2.24) is 14.4 Å². The summed E-state index contributed by atoms with van der Waals surface area (Å²) in [6.07, 6.45) is 5.63. The van der Waals surface area contributed by atoms with Crippen LogP contribution in [0.4, 0.5) is 0 Å². The van der Waals surface area contributed by atoms with Crippen LogP contribution in [0.1, 0.15) is 29.8 Å². The highest BCUT2D eigenvalue weighted by Crippen LogP contribution is 2.31. The maximum Gasteiger partial charge on any atom is 0.246 e. The summed E-state index contributed by atoms with van der Waals surface area (Å²) in [6, 6.07) is 12.3. The van der Waals surface area contributed by atoms with E-state index in [0.29, 0.717) is 26.2 Å². The molecule has 2 aromatic rings. The number of amides is 2. The molecule has 1 saturated heterocycles. The molecule has 2 aliphatic rings. The average molecular weight is 377 g/mol. The van der Waals surface area contributed by atoms with E-state index < -0.39 is 0 Å². The molecule has 0 bridgehead atoms. The van der Waals surface area contributed by atoms with E-state index in [-0.39, 0.29) is 17.7 Å². The van der Waals surface area contributed by atoms with Gasteiger partial charge in [0.25, 0.3) is 0 Å². The molecular formula is C23H27N3O2. The van der Waals surface area contributed by atoms with Gasteiger partial charge in [-0.3, -0.25) is 9.59 Å². The Hall–Kier alpha value is -2.82. The average Bonchev–Trinajstić information content (AvgIpc) is 3.52. The second-order valence-corrected chi connectivity index (χ2v) is 7.76. The topological polar surface area (TPSA) is 45.6 Å². The van der Waals surface area contributed by atoms with E-state index in [1.807, 2.05) is 34.1 Å². The number of aromatic nitrogens is 1. The monoisotopic (exact) mass is 377 g/mol. The summed E-state index contributed by atoms with van der Waals surface area (Å²) in [6.45, 7) is 6.69. The number of aryl methyl sites for hydroxylation is 1. The standard InChI is InChI=1S/C23H27N3O2/c1-17-16-20(18(2)26(17)21-6-4-3-5-7-21)10-11-22(27)24-12-14-25(15-13-24)23(28)19-8-9-19/h3-7,10-11,16,19H,8-9,12-15H2,1-2H3/b11-10+. The van der Waals surface area contributed by atoms with Gasteiger partial charge in [0.05, 0.1) is 0 Å². The van der Waals surface area contributed by atoms with Crippen LogP contribution in [0.3, 0.4) is 0 Å². The van der Waals surface area contributed by atoms with Gasteiger partial charge in [-0.1, -0.05) is 18.2 Å². The molecule has 1 saturated carbocycles. The highest BCUT2D eigenvalue weighted by molar-refractivity contribution is 5.92. The fraction of sp³-hybridized carbons (Fsp3) is 0.391. The smallest absolute Gasteiger partial charge is 0.246 e. The fourth-order valence-corrected chi connectivity index (χ4v) is 3.93. The molecule has 1 aromatic carbocycles. The summed E-state index contributed by atoms with van der Waals surface area (Å²) < 4.78 is 2.20. The lowest BCUT2D eigenvalue weighted by Gasteiger charge is -2.34. The first kappa shape index (κ1) is 18.5. The maximum absolute atomic E-state index is 12.6. The number of hydrogen-bond acceptors (Lipinski definition) is 2. The lowest BCUT2D eigenvalue weighted by atomic mass is 10.2. The minimum atomic E-state index is 0.0167. The molecule has 1 aliphatic heterocycles. The van der Waals surface area contributed by atoms with Gasteiger partial charge in [-0.2, -0.15) is 0 Å². The van der Waals surface area contributed by atoms with Crippen LogP contribution < -0.4 is 0 Å². The molecule has 28 heavy (non-hydrogen) atoms. The Morgan fingerprint density at radius 3 is 2.25 bits per heavy atom. The number of carbonyl (C=O) groups is 2. The van der Waals surface area contributed by atoms with Crippen molar-refractivity contribution in [3.8, 4) is 5.69 Å². The number of benzene rings is 1. The minimum Gasteiger partial charge on any atom is -0.339 e. The largest absolute Gasteiger partial charge is 0.339 e. The quantitative estimate of drug-likeness (QED) is 0.768. The first-order valence-electron chi connectivity index (χ1n) is 10.0. The molecule has 2 fully saturated rings. The zero-order valence-electron chi connectivity index (χ0n) is 16.6. The molecule has 0 N–H and O–H groups in total. The van der Waals surface area contributed by atoms with Crippen molar-refractivity contribution in [2.45, 2.75) is 26.7 Å². The van der Waals surface area contributed by atoms with Crippen molar-refractivity contribution >= 4 is 17.9 Å². The molecule has 2 heterocycles. The van der Waals surface area contributed by atoms with Crippen LogP contribution in [0.15, 0.2) is 42.5 Å². The van der Waals surface area contributed by atoms with Crippen LogP contribution in [0.5, 0.6) is 0 Å². The third-order valence-corrected chi connectivity index (χ3v) is 5.72. The summed E-state index contributed by atoms with van der Waals surface area (Å²) in [7, 11) is 0. The van der Waals surface area contributed by atoms with Crippen molar-refractivity contribution in [2.75, 3.05) is 26.2 Å². The molecule has 1 aromatic heterocycles. The summed E-state index contributed by atoms with van der Waals surface area (Å²) in [5.74, 6) is 0.543. The second-order valence-electron chi connectivity index (χ2n) is 7.76. The van der Waals surface area contributed by atoms with Crippen LogP contribution >= 0.6 is 0 Å². The molecule has 0 unspecified atom stereocenters. The Balaban J connectivity index is 1.41. The van der Waals surface area contributed by atoms with Gasteiger partial charge in [0.1, 0.15) is 0 Å². The van der Waals surface area contributed by atoms with Gasteiger partial charge in [0.15, 0.2) is 0 Å². The van der Waals surface area contributed by atoms with Crippen molar-refractivity contribution in [3.63, 3.8) is 0 Å². The van der Waals surface area contributed by atoms with Gasteiger partial charge < -0.3 is 14.4 Å². The molecule has 4 rings (SSSR count). The van der Waals surface area contributed by atoms with Gasteiger partial charge in [0, 0.05) is 55.2 Å². The van der Waals surface area contributed by atoms with Gasteiger partial charge >= 0.3 is 0 Å². The van der Waals surface area contributed by atoms with Crippen LogP contribution in [0, 0.1) is 19.8 Å². The number of carbonyl (C=O) groups excluding carboxylic acids is 2. The van der Waals surface area contributed by atoms with E-state index in [9.17, 15) is 9.59 Å². The van der Waals surface area contributed by atoms with Crippen molar-refractivity contribution in [3.05, 3.63) is 59.4 Å². The van der Waals surface area contributed by atoms with Crippen molar-refractivity contribution in [2.24, 2.45) is 5.92 Å². The molecule has 0 atom stereocenters. The van der Waals surface area contributed by atoms with Gasteiger partial charge in [-0.05, 0) is 56.5 Å². The van der Waals surface area contributed by atoms with Gasteiger partial charge in [-0.25, -0.2) is 0 Å². The first-order chi connectivity index (χ1) is 13.5. The van der Waals surface area contributed by atoms with Gasteiger partial charge in [0.2, 0.25) is 11.8 Å². The Morgan fingerprint density at radius 1 is 0.964 bits per heavy atom. The van der Waals surface area contributed by atoms with Crippen LogP contribution in [0.2, 0.25) is 0 Å². The second kappa shape index (κ2) is 7.66. The number of rotatable bonds is 4. The SMILES string of the molecule is Cc1cc(/C=C/C(=O)N2CCN(C(=O)C3CC3)CC2)c(C)n1-c1ccccc1. The van der Waals surface area contributed by atoms with E-state index in [1.165, 1.54) is 0 Å². The minimum absolute atomic E-state index is 0.0167. The number of hydrogen-bond donors (Lipinski definition) is 0. The zero-order valence-corrected chi connectivity index (χ0v) is 16.6.